The number of halogens is 2. The molecule has 0 saturated heterocycles. The minimum Gasteiger partial charge on any atom is -0.310 e. The number of nitrogens with zero attached hydrogens (tertiary/aromatic N) is 2. The highest BCUT2D eigenvalue weighted by Crippen LogP contribution is 2.46. The Hall–Kier alpha value is -5.16. The van der Waals surface area contributed by atoms with Crippen molar-refractivity contribution in [1.82, 2.24) is 0 Å². The van der Waals surface area contributed by atoms with Crippen molar-refractivity contribution < 1.29 is 0 Å². The van der Waals surface area contributed by atoms with Gasteiger partial charge in [0, 0.05) is 42.5 Å². The molecule has 0 bridgehead atoms. The third kappa shape index (κ3) is 5.68. The molecule has 0 saturated carbocycles. The second-order valence-electron chi connectivity index (χ2n) is 11.7. The summed E-state index contributed by atoms with van der Waals surface area (Å²) in [4.78, 5) is 4.69. The fourth-order valence-corrected chi connectivity index (χ4v) is 7.14. The largest absolute Gasteiger partial charge is 0.310 e. The van der Waals surface area contributed by atoms with E-state index in [9.17, 15) is 0 Å². The van der Waals surface area contributed by atoms with Gasteiger partial charge in [0.2, 0.25) is 0 Å². The maximum atomic E-state index is 3.62. The average Bonchev–Trinajstić information content (AvgIpc) is 3.14. The van der Waals surface area contributed by atoms with Crippen molar-refractivity contribution in [3.63, 3.8) is 0 Å². The van der Waals surface area contributed by atoms with Crippen LogP contribution in [0.5, 0.6) is 0 Å². The van der Waals surface area contributed by atoms with E-state index in [0.717, 1.165) is 43.1 Å². The van der Waals surface area contributed by atoms with Gasteiger partial charge in [-0.1, -0.05) is 129 Å². The predicted molar refractivity (Wildman–Crippen MR) is 212 cm³/mol. The third-order valence-electron chi connectivity index (χ3n) is 8.77. The Balaban J connectivity index is 1.33. The number of anilines is 6. The first-order valence-electron chi connectivity index (χ1n) is 15.9. The van der Waals surface area contributed by atoms with E-state index in [-0.39, 0.29) is 0 Å². The fourth-order valence-electron chi connectivity index (χ4n) is 6.61. The van der Waals surface area contributed by atoms with Crippen molar-refractivity contribution in [3.8, 4) is 11.1 Å². The summed E-state index contributed by atoms with van der Waals surface area (Å²) < 4.78 is 2.11. The van der Waals surface area contributed by atoms with Crippen molar-refractivity contribution in [2.24, 2.45) is 0 Å². The highest BCUT2D eigenvalue weighted by Gasteiger charge is 2.20. The zero-order valence-electron chi connectivity index (χ0n) is 26.0. The van der Waals surface area contributed by atoms with Gasteiger partial charge in [-0.2, -0.15) is 0 Å². The van der Waals surface area contributed by atoms with Gasteiger partial charge >= 0.3 is 0 Å². The molecule has 0 N–H and O–H groups in total. The summed E-state index contributed by atoms with van der Waals surface area (Å²) in [7, 11) is 0. The Morgan fingerprint density at radius 3 is 0.958 bits per heavy atom. The number of fused-ring (bicyclic) bond motifs is 2. The molecular weight excluding hydrogens is 716 g/mol. The van der Waals surface area contributed by atoms with Crippen LogP contribution in [0, 0.1) is 0 Å². The van der Waals surface area contributed by atoms with Crippen LogP contribution < -0.4 is 9.80 Å². The van der Waals surface area contributed by atoms with Gasteiger partial charge in [-0.25, -0.2) is 0 Å². The molecular formula is C44H30Br2N2. The minimum absolute atomic E-state index is 1.06. The normalized spacial score (nSPS) is 11.1. The Bertz CT molecular complexity index is 2180. The molecule has 2 nitrogen and oxygen atoms in total. The van der Waals surface area contributed by atoms with E-state index in [1.165, 1.54) is 32.7 Å². The topological polar surface area (TPSA) is 6.48 Å². The summed E-state index contributed by atoms with van der Waals surface area (Å²) in [5, 5.41) is 4.80. The number of rotatable bonds is 7. The standard InChI is InChI=1S/C44H30Br2N2/c45-31-19-23-35(24-20-31)47(33-11-3-1-4-12-33)43-29-27-39(37-15-7-9-17-41(37)43)40-28-30-44(42-18-10-8-16-38(40)42)48(34-13-5-2-6-14-34)36-25-21-32(46)22-26-36/h1-30H. The van der Waals surface area contributed by atoms with Gasteiger partial charge < -0.3 is 9.80 Å². The molecule has 0 radical (unpaired) electrons. The van der Waals surface area contributed by atoms with Crippen LogP contribution in [0.2, 0.25) is 0 Å². The minimum atomic E-state index is 1.06. The first kappa shape index (κ1) is 30.2. The summed E-state index contributed by atoms with van der Waals surface area (Å²) in [6, 6.07) is 64.9. The maximum absolute atomic E-state index is 3.62. The van der Waals surface area contributed by atoms with E-state index in [2.05, 4.69) is 224 Å². The molecule has 8 aromatic rings. The van der Waals surface area contributed by atoms with E-state index in [4.69, 9.17) is 0 Å². The second-order valence-corrected chi connectivity index (χ2v) is 13.5. The second kappa shape index (κ2) is 13.2. The highest BCUT2D eigenvalue weighted by atomic mass is 79.9. The molecule has 8 rings (SSSR count). The number of hydrogen-bond acceptors (Lipinski definition) is 2. The molecule has 0 atom stereocenters. The van der Waals surface area contributed by atoms with Gasteiger partial charge in [-0.15, -0.1) is 0 Å². The van der Waals surface area contributed by atoms with Gasteiger partial charge in [0.1, 0.15) is 0 Å². The van der Waals surface area contributed by atoms with Crippen LogP contribution in [0.4, 0.5) is 34.1 Å². The molecule has 0 spiro atoms. The molecule has 0 fully saturated rings. The fraction of sp³-hybridized carbons (Fsp3) is 0. The number of benzene rings is 8. The quantitative estimate of drug-likeness (QED) is 0.160. The monoisotopic (exact) mass is 744 g/mol. The third-order valence-corrected chi connectivity index (χ3v) is 9.83. The smallest absolute Gasteiger partial charge is 0.0540 e. The Morgan fingerprint density at radius 2 is 0.583 bits per heavy atom. The maximum Gasteiger partial charge on any atom is 0.0540 e. The molecule has 0 amide bonds. The Kier molecular flexibility index (Phi) is 8.27. The molecule has 0 aliphatic rings. The molecule has 8 aromatic carbocycles. The lowest BCUT2D eigenvalue weighted by Crippen LogP contribution is -2.11. The van der Waals surface area contributed by atoms with Crippen molar-refractivity contribution in [3.05, 3.63) is 191 Å². The first-order valence-corrected chi connectivity index (χ1v) is 17.5. The first-order chi connectivity index (χ1) is 23.7. The zero-order valence-corrected chi connectivity index (χ0v) is 29.1. The van der Waals surface area contributed by atoms with Crippen molar-refractivity contribution in [2.45, 2.75) is 0 Å². The summed E-state index contributed by atoms with van der Waals surface area (Å²) in [5.74, 6) is 0. The van der Waals surface area contributed by atoms with E-state index in [1.54, 1.807) is 0 Å². The number of hydrogen-bond donors (Lipinski definition) is 0. The van der Waals surface area contributed by atoms with Gasteiger partial charge in [-0.05, 0) is 107 Å². The van der Waals surface area contributed by atoms with Crippen molar-refractivity contribution >= 4 is 87.5 Å². The van der Waals surface area contributed by atoms with Crippen LogP contribution in [0.1, 0.15) is 0 Å². The molecule has 0 heterocycles. The van der Waals surface area contributed by atoms with Crippen LogP contribution in [0.15, 0.2) is 191 Å². The van der Waals surface area contributed by atoms with Gasteiger partial charge in [0.05, 0.1) is 11.4 Å². The van der Waals surface area contributed by atoms with Crippen molar-refractivity contribution in [1.29, 1.82) is 0 Å². The van der Waals surface area contributed by atoms with Gasteiger partial charge in [0.25, 0.3) is 0 Å². The average molecular weight is 747 g/mol. The molecule has 4 heteroatoms. The van der Waals surface area contributed by atoms with Gasteiger partial charge in [-0.3, -0.25) is 0 Å². The number of para-hydroxylation sites is 2. The SMILES string of the molecule is Brc1ccc(N(c2ccccc2)c2ccc(-c3ccc(N(c4ccccc4)c4ccc(Br)cc4)c4ccccc34)c3ccccc23)cc1. The lowest BCUT2D eigenvalue weighted by atomic mass is 9.92. The van der Waals surface area contributed by atoms with Crippen molar-refractivity contribution in [2.75, 3.05) is 9.80 Å². The van der Waals surface area contributed by atoms with Crippen LogP contribution in [0.3, 0.4) is 0 Å². The molecule has 0 aromatic heterocycles. The van der Waals surface area contributed by atoms with Crippen LogP contribution >= 0.6 is 31.9 Å². The summed E-state index contributed by atoms with van der Waals surface area (Å²) >= 11 is 7.24. The summed E-state index contributed by atoms with van der Waals surface area (Å²) in [5.41, 5.74) is 9.11. The van der Waals surface area contributed by atoms with E-state index < -0.39 is 0 Å². The van der Waals surface area contributed by atoms with E-state index in [1.807, 2.05) is 0 Å². The van der Waals surface area contributed by atoms with E-state index >= 15 is 0 Å². The van der Waals surface area contributed by atoms with E-state index in [0.29, 0.717) is 0 Å². The van der Waals surface area contributed by atoms with Crippen LogP contribution in [-0.4, -0.2) is 0 Å². The zero-order chi connectivity index (χ0) is 32.5. The van der Waals surface area contributed by atoms with Crippen LogP contribution in [0.25, 0.3) is 32.7 Å². The molecule has 48 heavy (non-hydrogen) atoms. The summed E-state index contributed by atoms with van der Waals surface area (Å²) in [6.07, 6.45) is 0. The van der Waals surface area contributed by atoms with Crippen LogP contribution in [-0.2, 0) is 0 Å². The predicted octanol–water partition coefficient (Wildman–Crippen LogP) is 14.1. The lowest BCUT2D eigenvalue weighted by Gasteiger charge is -2.28. The Labute approximate surface area is 297 Å². The molecule has 0 unspecified atom stereocenters. The van der Waals surface area contributed by atoms with Gasteiger partial charge in [0.15, 0.2) is 0 Å². The lowest BCUT2D eigenvalue weighted by molar-refractivity contribution is 1.29. The Morgan fingerprint density at radius 1 is 0.271 bits per heavy atom. The molecule has 230 valence electrons. The molecule has 0 aliphatic carbocycles. The highest BCUT2D eigenvalue weighted by molar-refractivity contribution is 9.10. The molecule has 0 aliphatic heterocycles. The summed E-state index contributed by atoms with van der Waals surface area (Å²) in [6.45, 7) is 0.